The Morgan fingerprint density at radius 3 is 2.86 bits per heavy atom. The van der Waals surface area contributed by atoms with Gasteiger partial charge in [-0.3, -0.25) is 4.79 Å². The van der Waals surface area contributed by atoms with Gasteiger partial charge in [0.05, 0.1) is 5.52 Å². The molecule has 2 heterocycles. The number of hydrogen-bond donors (Lipinski definition) is 2. The second-order valence-electron chi connectivity index (χ2n) is 7.61. The van der Waals surface area contributed by atoms with E-state index in [0.29, 0.717) is 25.3 Å². The minimum absolute atomic E-state index is 0. The Labute approximate surface area is 171 Å². The average Bonchev–Trinajstić information content (AvgIpc) is 3.26. The summed E-state index contributed by atoms with van der Waals surface area (Å²) < 4.78 is 1.91. The summed E-state index contributed by atoms with van der Waals surface area (Å²) in [4.78, 5) is 17.2. The number of hydrogen-bond acceptors (Lipinski definition) is 4. The van der Waals surface area contributed by atoms with Crippen LogP contribution >= 0.6 is 12.4 Å². The zero-order chi connectivity index (χ0) is 19.0. The summed E-state index contributed by atoms with van der Waals surface area (Å²) in [6, 6.07) is 8.28. The van der Waals surface area contributed by atoms with Crippen LogP contribution in [0.2, 0.25) is 0 Å². The summed E-state index contributed by atoms with van der Waals surface area (Å²) in [5.74, 6) is 0.525. The zero-order valence-corrected chi connectivity index (χ0v) is 17.3. The van der Waals surface area contributed by atoms with Gasteiger partial charge < -0.3 is 11.1 Å². The Bertz CT molecular complexity index is 999. The monoisotopic (exact) mass is 401 g/mol. The van der Waals surface area contributed by atoms with E-state index < -0.39 is 0 Å². The van der Waals surface area contributed by atoms with E-state index in [1.807, 2.05) is 35.7 Å². The van der Waals surface area contributed by atoms with Gasteiger partial charge in [0.1, 0.15) is 0 Å². The lowest BCUT2D eigenvalue weighted by atomic mass is 10.0. The van der Waals surface area contributed by atoms with Gasteiger partial charge in [-0.1, -0.05) is 18.6 Å². The molecule has 6 nitrogen and oxygen atoms in total. The van der Waals surface area contributed by atoms with Crippen LogP contribution < -0.4 is 11.1 Å². The molecule has 1 fully saturated rings. The maximum absolute atomic E-state index is 12.5. The van der Waals surface area contributed by atoms with Crippen LogP contribution in [-0.2, 0) is 11.2 Å². The van der Waals surface area contributed by atoms with Gasteiger partial charge in [-0.05, 0) is 63.3 Å². The van der Waals surface area contributed by atoms with Crippen LogP contribution in [0.1, 0.15) is 42.6 Å². The van der Waals surface area contributed by atoms with Gasteiger partial charge in [-0.25, -0.2) is 9.50 Å². The quantitative estimate of drug-likeness (QED) is 0.687. The van der Waals surface area contributed by atoms with E-state index in [1.165, 1.54) is 0 Å². The molecule has 3 aromatic rings. The van der Waals surface area contributed by atoms with E-state index in [4.69, 9.17) is 10.7 Å². The first kappa shape index (κ1) is 20.6. The Balaban J connectivity index is 0.00000225. The number of nitrogens with one attached hydrogen (secondary N) is 1. The molecule has 0 bridgehead atoms. The first-order chi connectivity index (χ1) is 13.1. The topological polar surface area (TPSA) is 85.3 Å². The van der Waals surface area contributed by atoms with Crippen molar-refractivity contribution >= 4 is 34.9 Å². The maximum Gasteiger partial charge on any atom is 0.220 e. The summed E-state index contributed by atoms with van der Waals surface area (Å²) >= 11 is 0. The second-order valence-corrected chi connectivity index (χ2v) is 7.61. The third-order valence-corrected chi connectivity index (χ3v) is 5.93. The number of carbonyl (C=O) groups is 1. The molecule has 0 spiro atoms. The summed E-state index contributed by atoms with van der Waals surface area (Å²) in [7, 11) is 0. The molecule has 2 aromatic heterocycles. The highest BCUT2D eigenvalue weighted by Crippen LogP contribution is 2.25. The van der Waals surface area contributed by atoms with Gasteiger partial charge in [0, 0.05) is 29.2 Å². The van der Waals surface area contributed by atoms with E-state index in [1.54, 1.807) is 0 Å². The van der Waals surface area contributed by atoms with E-state index in [9.17, 15) is 4.79 Å². The highest BCUT2D eigenvalue weighted by Gasteiger charge is 2.27. The Morgan fingerprint density at radius 1 is 1.29 bits per heavy atom. The summed E-state index contributed by atoms with van der Waals surface area (Å²) in [6.45, 7) is 4.72. The molecule has 0 radical (unpaired) electrons. The predicted octanol–water partition coefficient (Wildman–Crippen LogP) is 3.10. The molecule has 0 aliphatic heterocycles. The smallest absolute Gasteiger partial charge is 0.220 e. The summed E-state index contributed by atoms with van der Waals surface area (Å²) in [5, 5.41) is 8.93. The van der Waals surface area contributed by atoms with Gasteiger partial charge in [-0.15, -0.1) is 12.4 Å². The summed E-state index contributed by atoms with van der Waals surface area (Å²) in [6.07, 6.45) is 4.44. The van der Waals surface area contributed by atoms with Crippen LogP contribution in [0.3, 0.4) is 0 Å². The molecule has 4 rings (SSSR count). The van der Waals surface area contributed by atoms with E-state index in [-0.39, 0.29) is 24.4 Å². The molecule has 1 aliphatic rings. The van der Waals surface area contributed by atoms with Crippen molar-refractivity contribution in [1.29, 1.82) is 0 Å². The number of aromatic nitrogens is 3. The molecule has 0 saturated heterocycles. The van der Waals surface area contributed by atoms with Gasteiger partial charge >= 0.3 is 0 Å². The molecule has 2 atom stereocenters. The van der Waals surface area contributed by atoms with Crippen molar-refractivity contribution in [3.05, 3.63) is 41.2 Å². The van der Waals surface area contributed by atoms with E-state index in [2.05, 4.69) is 17.3 Å². The lowest BCUT2D eigenvalue weighted by Crippen LogP contribution is -2.40. The van der Waals surface area contributed by atoms with Crippen LogP contribution in [-0.4, -0.2) is 33.1 Å². The first-order valence-corrected chi connectivity index (χ1v) is 9.81. The standard InChI is InChI=1S/C21H27N5O.ClH/c1-13-16(10-11-20(27)24-18-9-5-6-15(18)12-22)14(2)26-21(23-13)17-7-3-4-8-19(17)25-26;/h3-4,7-8,15,18H,5-6,9-12,22H2,1-2H3,(H,24,27);1H. The van der Waals surface area contributed by atoms with Crippen molar-refractivity contribution in [3.8, 4) is 0 Å². The zero-order valence-electron chi connectivity index (χ0n) is 16.4. The Morgan fingerprint density at radius 2 is 2.07 bits per heavy atom. The number of aryl methyl sites for hydroxylation is 2. The van der Waals surface area contributed by atoms with Crippen molar-refractivity contribution < 1.29 is 4.79 Å². The number of carbonyl (C=O) groups excluding carboxylic acids is 1. The second kappa shape index (κ2) is 8.45. The van der Waals surface area contributed by atoms with Gasteiger partial charge in [0.2, 0.25) is 5.91 Å². The lowest BCUT2D eigenvalue weighted by Gasteiger charge is -2.19. The van der Waals surface area contributed by atoms with Crippen molar-refractivity contribution in [1.82, 2.24) is 19.9 Å². The molecule has 1 amide bonds. The van der Waals surface area contributed by atoms with Crippen molar-refractivity contribution in [2.24, 2.45) is 11.7 Å². The van der Waals surface area contributed by atoms with Gasteiger partial charge in [-0.2, -0.15) is 5.10 Å². The number of fused-ring (bicyclic) bond motifs is 3. The predicted molar refractivity (Wildman–Crippen MR) is 114 cm³/mol. The van der Waals surface area contributed by atoms with E-state index in [0.717, 1.165) is 52.8 Å². The first-order valence-electron chi connectivity index (χ1n) is 9.81. The molecule has 1 aliphatic carbocycles. The van der Waals surface area contributed by atoms with Crippen LogP contribution in [0.25, 0.3) is 16.6 Å². The number of amides is 1. The van der Waals surface area contributed by atoms with Crippen LogP contribution in [0.4, 0.5) is 0 Å². The number of nitrogens with two attached hydrogens (primary N) is 1. The highest BCUT2D eigenvalue weighted by molar-refractivity contribution is 5.92. The number of halogens is 1. The molecule has 1 saturated carbocycles. The number of rotatable bonds is 5. The SMILES string of the molecule is Cc1nc2c3ccccc3nn2c(C)c1CCC(=O)NC1CCCC1CN.Cl. The largest absolute Gasteiger partial charge is 0.353 e. The molecule has 3 N–H and O–H groups in total. The van der Waals surface area contributed by atoms with Crippen molar-refractivity contribution in [2.75, 3.05) is 6.54 Å². The van der Waals surface area contributed by atoms with Crippen molar-refractivity contribution in [3.63, 3.8) is 0 Å². The third-order valence-electron chi connectivity index (χ3n) is 5.93. The van der Waals surface area contributed by atoms with E-state index >= 15 is 0 Å². The fourth-order valence-electron chi connectivity index (χ4n) is 4.36. The maximum atomic E-state index is 12.5. The van der Waals surface area contributed by atoms with Crippen LogP contribution in [0, 0.1) is 19.8 Å². The molecular formula is C21H28ClN5O. The van der Waals surface area contributed by atoms with Gasteiger partial charge in [0.15, 0.2) is 5.65 Å². The normalized spacial score (nSPS) is 19.1. The molecular weight excluding hydrogens is 374 g/mol. The lowest BCUT2D eigenvalue weighted by molar-refractivity contribution is -0.122. The minimum atomic E-state index is 0. The summed E-state index contributed by atoms with van der Waals surface area (Å²) in [5.41, 5.74) is 10.8. The number of benzene rings is 1. The molecule has 28 heavy (non-hydrogen) atoms. The van der Waals surface area contributed by atoms with Crippen molar-refractivity contribution in [2.45, 2.75) is 52.0 Å². The third kappa shape index (κ3) is 3.71. The van der Waals surface area contributed by atoms with Crippen LogP contribution in [0.5, 0.6) is 0 Å². The highest BCUT2D eigenvalue weighted by atomic mass is 35.5. The number of nitrogens with zero attached hydrogens (tertiary/aromatic N) is 3. The molecule has 1 aromatic carbocycles. The fourth-order valence-corrected chi connectivity index (χ4v) is 4.36. The fraction of sp³-hybridized carbons (Fsp3) is 0.476. The van der Waals surface area contributed by atoms with Crippen LogP contribution in [0.15, 0.2) is 24.3 Å². The Kier molecular flexibility index (Phi) is 6.20. The molecule has 150 valence electrons. The minimum Gasteiger partial charge on any atom is -0.353 e. The van der Waals surface area contributed by atoms with Gasteiger partial charge in [0.25, 0.3) is 0 Å². The molecule has 7 heteroatoms. The molecule has 2 unspecified atom stereocenters. The average molecular weight is 402 g/mol. The Hall–Kier alpha value is -2.18.